The molecule has 0 aromatic rings. The van der Waals surface area contributed by atoms with Gasteiger partial charge in [0.2, 0.25) is 0 Å². The Morgan fingerprint density at radius 2 is 1.85 bits per heavy atom. The zero-order valence-electron chi connectivity index (χ0n) is 12.5. The van der Waals surface area contributed by atoms with E-state index in [1.165, 1.54) is 0 Å². The molecule has 0 spiro atoms. The number of ketones is 1. The number of esters is 1. The van der Waals surface area contributed by atoms with Gasteiger partial charge in [0.15, 0.2) is 0 Å². The number of fused-ring (bicyclic) bond motifs is 5. The minimum absolute atomic E-state index is 0.00557. The van der Waals surface area contributed by atoms with Crippen LogP contribution in [0.3, 0.4) is 0 Å². The molecule has 0 aromatic carbocycles. The highest BCUT2D eigenvalue weighted by atomic mass is 16.6. The smallest absolute Gasteiger partial charge is 0.306 e. The van der Waals surface area contributed by atoms with E-state index in [4.69, 9.17) is 4.74 Å². The predicted molar refractivity (Wildman–Crippen MR) is 73.9 cm³/mol. The van der Waals surface area contributed by atoms with Crippen LogP contribution >= 0.6 is 0 Å². The van der Waals surface area contributed by atoms with Gasteiger partial charge in [0.1, 0.15) is 11.9 Å². The maximum Gasteiger partial charge on any atom is 0.306 e. The van der Waals surface area contributed by atoms with Crippen molar-refractivity contribution in [2.45, 2.75) is 64.9 Å². The lowest BCUT2D eigenvalue weighted by Gasteiger charge is -2.54. The first-order valence-corrected chi connectivity index (χ1v) is 8.18. The summed E-state index contributed by atoms with van der Waals surface area (Å²) in [5.74, 6) is 2.26. The molecule has 0 radical (unpaired) electrons. The van der Waals surface area contributed by atoms with Crippen molar-refractivity contribution in [2.24, 2.45) is 28.6 Å². The van der Waals surface area contributed by atoms with Crippen LogP contribution in [0.1, 0.15) is 58.8 Å². The van der Waals surface area contributed by atoms with Crippen LogP contribution in [0.15, 0.2) is 0 Å². The van der Waals surface area contributed by atoms with Crippen LogP contribution in [-0.4, -0.2) is 17.9 Å². The quantitative estimate of drug-likeness (QED) is 0.638. The number of rotatable bonds is 0. The van der Waals surface area contributed by atoms with E-state index >= 15 is 0 Å². The Kier molecular flexibility index (Phi) is 2.48. The van der Waals surface area contributed by atoms with Crippen molar-refractivity contribution in [1.29, 1.82) is 0 Å². The van der Waals surface area contributed by atoms with Gasteiger partial charge in [-0.25, -0.2) is 0 Å². The summed E-state index contributed by atoms with van der Waals surface area (Å²) in [6.45, 7) is 4.47. The molecule has 20 heavy (non-hydrogen) atoms. The predicted octanol–water partition coefficient (Wildman–Crippen LogP) is 3.11. The van der Waals surface area contributed by atoms with Crippen molar-refractivity contribution in [2.75, 3.05) is 0 Å². The molecule has 0 bridgehead atoms. The fraction of sp³-hybridized carbons (Fsp3) is 0.882. The number of carbonyl (C=O) groups excluding carboxylic acids is 2. The third kappa shape index (κ3) is 1.42. The molecule has 6 atom stereocenters. The maximum atomic E-state index is 12.3. The summed E-state index contributed by atoms with van der Waals surface area (Å²) in [4.78, 5) is 24.0. The van der Waals surface area contributed by atoms with Gasteiger partial charge in [0.25, 0.3) is 0 Å². The number of carbonyl (C=O) groups is 2. The van der Waals surface area contributed by atoms with E-state index in [1.807, 2.05) is 0 Å². The number of hydrogen-bond donors (Lipinski definition) is 0. The lowest BCUT2D eigenvalue weighted by atomic mass is 9.49. The van der Waals surface area contributed by atoms with Gasteiger partial charge in [-0.3, -0.25) is 9.59 Å². The highest BCUT2D eigenvalue weighted by molar-refractivity contribution is 5.87. The number of hydrogen-bond acceptors (Lipinski definition) is 3. The molecule has 3 aliphatic carbocycles. The summed E-state index contributed by atoms with van der Waals surface area (Å²) in [5, 5.41) is 0. The van der Waals surface area contributed by atoms with Crippen LogP contribution in [0.5, 0.6) is 0 Å². The van der Waals surface area contributed by atoms with Crippen molar-refractivity contribution in [3.8, 4) is 0 Å². The summed E-state index contributed by atoms with van der Waals surface area (Å²) >= 11 is 0. The minimum atomic E-state index is -0.0617. The van der Waals surface area contributed by atoms with Gasteiger partial charge in [0, 0.05) is 17.3 Å². The summed E-state index contributed by atoms with van der Waals surface area (Å²) in [5.41, 5.74) is -0.0270. The van der Waals surface area contributed by atoms with Crippen molar-refractivity contribution >= 4 is 11.8 Å². The topological polar surface area (TPSA) is 43.4 Å². The molecule has 3 nitrogen and oxygen atoms in total. The molecule has 4 rings (SSSR count). The van der Waals surface area contributed by atoms with E-state index in [0.717, 1.165) is 38.5 Å². The fourth-order valence-electron chi connectivity index (χ4n) is 6.14. The lowest BCUT2D eigenvalue weighted by Crippen LogP contribution is -2.52. The number of Topliss-reactive ketones (excluding diaryl/α,β-unsaturated/α-hetero) is 1. The largest absolute Gasteiger partial charge is 0.462 e. The SMILES string of the molecule is C[C@]12CC(=O)OC1CC[C@@H]1[C@@H]2CC[C@]2(C)C(=O)CC[C@@H]12. The van der Waals surface area contributed by atoms with Gasteiger partial charge < -0.3 is 4.74 Å². The summed E-state index contributed by atoms with van der Waals surface area (Å²) in [6, 6.07) is 0. The molecular formula is C17H24O3. The van der Waals surface area contributed by atoms with E-state index in [1.54, 1.807) is 0 Å². The van der Waals surface area contributed by atoms with Crippen LogP contribution in [0, 0.1) is 28.6 Å². The second-order valence-corrected chi connectivity index (χ2v) is 8.03. The minimum Gasteiger partial charge on any atom is -0.462 e. The Hall–Kier alpha value is -0.860. The van der Waals surface area contributed by atoms with Crippen LogP contribution < -0.4 is 0 Å². The molecule has 3 heteroatoms. The Bertz CT molecular complexity index is 485. The summed E-state index contributed by atoms with van der Waals surface area (Å²) in [6.07, 6.45) is 6.86. The van der Waals surface area contributed by atoms with Crippen LogP contribution in [0.25, 0.3) is 0 Å². The van der Waals surface area contributed by atoms with Crippen molar-refractivity contribution in [3.05, 3.63) is 0 Å². The Morgan fingerprint density at radius 1 is 1.05 bits per heavy atom. The molecule has 0 aromatic heterocycles. The Morgan fingerprint density at radius 3 is 2.65 bits per heavy atom. The molecular weight excluding hydrogens is 252 g/mol. The van der Waals surface area contributed by atoms with Gasteiger partial charge in [-0.15, -0.1) is 0 Å². The zero-order chi connectivity index (χ0) is 14.1. The molecule has 1 saturated heterocycles. The normalized spacial score (nSPS) is 54.1. The Labute approximate surface area is 120 Å². The van der Waals surface area contributed by atoms with Gasteiger partial charge in [-0.05, 0) is 49.9 Å². The van der Waals surface area contributed by atoms with E-state index in [-0.39, 0.29) is 22.9 Å². The molecule has 3 saturated carbocycles. The fourth-order valence-corrected chi connectivity index (χ4v) is 6.14. The third-order valence-electron chi connectivity index (χ3n) is 7.29. The number of ether oxygens (including phenoxy) is 1. The molecule has 4 fully saturated rings. The van der Waals surface area contributed by atoms with E-state index in [9.17, 15) is 9.59 Å². The summed E-state index contributed by atoms with van der Waals surface area (Å²) in [7, 11) is 0. The van der Waals surface area contributed by atoms with Gasteiger partial charge >= 0.3 is 5.97 Å². The van der Waals surface area contributed by atoms with Crippen molar-refractivity contribution in [1.82, 2.24) is 0 Å². The molecule has 0 N–H and O–H groups in total. The van der Waals surface area contributed by atoms with E-state index in [2.05, 4.69) is 13.8 Å². The van der Waals surface area contributed by atoms with Crippen LogP contribution in [-0.2, 0) is 14.3 Å². The van der Waals surface area contributed by atoms with E-state index in [0.29, 0.717) is 30.0 Å². The zero-order valence-corrected chi connectivity index (χ0v) is 12.5. The van der Waals surface area contributed by atoms with Crippen LogP contribution in [0.2, 0.25) is 0 Å². The van der Waals surface area contributed by atoms with Gasteiger partial charge in [0.05, 0.1) is 6.42 Å². The molecule has 0 amide bonds. The summed E-state index contributed by atoms with van der Waals surface area (Å²) < 4.78 is 5.57. The van der Waals surface area contributed by atoms with Crippen molar-refractivity contribution in [3.63, 3.8) is 0 Å². The molecule has 110 valence electrons. The molecule has 1 unspecified atom stereocenters. The Balaban J connectivity index is 1.68. The third-order valence-corrected chi connectivity index (χ3v) is 7.29. The highest BCUT2D eigenvalue weighted by Gasteiger charge is 2.62. The first-order chi connectivity index (χ1) is 9.45. The van der Waals surface area contributed by atoms with Gasteiger partial charge in [-0.2, -0.15) is 0 Å². The second kappa shape index (κ2) is 3.86. The first kappa shape index (κ1) is 12.8. The average molecular weight is 276 g/mol. The maximum absolute atomic E-state index is 12.3. The van der Waals surface area contributed by atoms with E-state index < -0.39 is 0 Å². The molecule has 1 aliphatic heterocycles. The second-order valence-electron chi connectivity index (χ2n) is 8.03. The average Bonchev–Trinajstić information content (AvgIpc) is 2.86. The van der Waals surface area contributed by atoms with Crippen LogP contribution in [0.4, 0.5) is 0 Å². The molecule has 4 aliphatic rings. The monoisotopic (exact) mass is 276 g/mol. The molecule has 1 heterocycles. The van der Waals surface area contributed by atoms with Crippen molar-refractivity contribution < 1.29 is 14.3 Å². The van der Waals surface area contributed by atoms with Gasteiger partial charge in [-0.1, -0.05) is 13.8 Å². The first-order valence-electron chi connectivity index (χ1n) is 8.18. The lowest BCUT2D eigenvalue weighted by molar-refractivity contribution is -0.146. The standard InChI is InChI=1S/C17H24O3/c1-16-8-7-12-10(11(16)4-5-13(16)18)3-6-14-17(12,2)9-15(19)20-14/h10-12,14H,3-9H2,1-2H3/t10-,11-,12-,14?,16-,17+/m0/s1. The highest BCUT2D eigenvalue weighted by Crippen LogP contribution is 2.63.